The summed E-state index contributed by atoms with van der Waals surface area (Å²) >= 11 is 0. The fourth-order valence-electron chi connectivity index (χ4n) is 0.880. The number of para-hydroxylation sites is 1. The summed E-state index contributed by atoms with van der Waals surface area (Å²) in [7, 11) is 0. The Morgan fingerprint density at radius 1 is 1.30 bits per heavy atom. The molecule has 46 valence electrons. The first-order chi connectivity index (χ1) is 4.97. The summed E-state index contributed by atoms with van der Waals surface area (Å²) in [5.41, 5.74) is 0.942. The molecular weight excluding hydrogens is 124 g/mol. The van der Waals surface area contributed by atoms with E-state index in [1.165, 1.54) is 0 Å². The predicted octanol–water partition coefficient (Wildman–Crippen LogP) is 0.635. The number of hydrogen-bond donors (Lipinski definition) is 0. The number of fused-ring (bicyclic) bond motifs is 1. The van der Waals surface area contributed by atoms with Gasteiger partial charge in [0, 0.05) is 11.1 Å². The molecule has 2 nitrogen and oxygen atoms in total. The monoisotopic (exact) mass is 129 g/mol. The number of hydrogen-bond acceptors (Lipinski definition) is 1. The summed E-state index contributed by atoms with van der Waals surface area (Å²) in [6, 6.07) is 7.82. The van der Waals surface area contributed by atoms with Crippen LogP contribution in [0, 0.1) is 6.33 Å². The minimum atomic E-state index is 0.942. The van der Waals surface area contributed by atoms with Crippen molar-refractivity contribution in [1.82, 2.24) is 4.98 Å². The topological polar surface area (TPSA) is 27.0 Å². The zero-order valence-corrected chi connectivity index (χ0v) is 5.28. The summed E-state index contributed by atoms with van der Waals surface area (Å²) < 4.78 is 0. The summed E-state index contributed by atoms with van der Waals surface area (Å²) in [6.07, 6.45) is 4.29. The molecule has 0 unspecified atom stereocenters. The van der Waals surface area contributed by atoms with E-state index < -0.39 is 0 Å². The van der Waals surface area contributed by atoms with E-state index >= 15 is 0 Å². The van der Waals surface area contributed by atoms with Crippen molar-refractivity contribution < 1.29 is 4.98 Å². The second-order valence-corrected chi connectivity index (χ2v) is 2.03. The van der Waals surface area contributed by atoms with Gasteiger partial charge in [-0.1, -0.05) is 12.1 Å². The van der Waals surface area contributed by atoms with Crippen LogP contribution >= 0.6 is 0 Å². The standard InChI is InChI=1S/C8H5N2/c1-2-4-8-7(3-1)5-9-6-10-8/h1-5H/q+1. The van der Waals surface area contributed by atoms with Gasteiger partial charge in [0.05, 0.1) is 5.39 Å². The lowest BCUT2D eigenvalue weighted by atomic mass is 10.2. The molecule has 2 rings (SSSR count). The van der Waals surface area contributed by atoms with Crippen molar-refractivity contribution in [2.45, 2.75) is 0 Å². The van der Waals surface area contributed by atoms with Crippen molar-refractivity contribution >= 4 is 10.9 Å². The van der Waals surface area contributed by atoms with Gasteiger partial charge in [-0.3, -0.25) is 0 Å². The Hall–Kier alpha value is -1.62. The van der Waals surface area contributed by atoms with Crippen molar-refractivity contribution in [1.29, 1.82) is 0 Å². The Bertz CT molecular complexity index is 278. The van der Waals surface area contributed by atoms with Gasteiger partial charge in [-0.15, -0.1) is 0 Å². The molecule has 0 aliphatic rings. The van der Waals surface area contributed by atoms with E-state index in [1.54, 1.807) is 6.20 Å². The van der Waals surface area contributed by atoms with E-state index in [4.69, 9.17) is 0 Å². The van der Waals surface area contributed by atoms with E-state index in [0.29, 0.717) is 0 Å². The lowest BCUT2D eigenvalue weighted by molar-refractivity contribution is -0.261. The molecule has 2 heteroatoms. The molecule has 0 saturated carbocycles. The maximum Gasteiger partial charge on any atom is 0.429 e. The lowest BCUT2D eigenvalue weighted by Crippen LogP contribution is -1.92. The molecule has 0 amide bonds. The second kappa shape index (κ2) is 1.96. The lowest BCUT2D eigenvalue weighted by Gasteiger charge is -1.79. The van der Waals surface area contributed by atoms with Crippen molar-refractivity contribution in [2.24, 2.45) is 0 Å². The third kappa shape index (κ3) is 0.688. The molecule has 0 saturated heterocycles. The Morgan fingerprint density at radius 2 is 2.20 bits per heavy atom. The first kappa shape index (κ1) is 5.19. The molecular formula is C8H5N2+. The van der Waals surface area contributed by atoms with Gasteiger partial charge in [-0.05, 0) is 6.07 Å². The highest BCUT2D eigenvalue weighted by atomic mass is 14.7. The summed E-state index contributed by atoms with van der Waals surface area (Å²) in [5, 5.41) is 1.06. The molecule has 2 aromatic rings. The maximum absolute atomic E-state index is 3.95. The van der Waals surface area contributed by atoms with E-state index in [2.05, 4.69) is 16.3 Å². The minimum absolute atomic E-state index is 0.942. The fraction of sp³-hybridized carbons (Fsp3) is 0. The molecule has 0 aliphatic carbocycles. The van der Waals surface area contributed by atoms with Crippen LogP contribution < -0.4 is 4.98 Å². The van der Waals surface area contributed by atoms with Crippen molar-refractivity contribution in [3.63, 3.8) is 0 Å². The number of nitrogens with zero attached hydrogens (tertiary/aromatic N) is 2. The Morgan fingerprint density at radius 3 is 3.10 bits per heavy atom. The fourth-order valence-corrected chi connectivity index (χ4v) is 0.880. The summed E-state index contributed by atoms with van der Waals surface area (Å²) in [4.78, 5) is 7.72. The van der Waals surface area contributed by atoms with Gasteiger partial charge in [0.1, 0.15) is 0 Å². The van der Waals surface area contributed by atoms with E-state index in [9.17, 15) is 0 Å². The number of rotatable bonds is 0. The normalized spacial score (nSPS) is 9.20. The van der Waals surface area contributed by atoms with Crippen molar-refractivity contribution in [2.75, 3.05) is 0 Å². The highest BCUT2D eigenvalue weighted by molar-refractivity contribution is 5.73. The van der Waals surface area contributed by atoms with Crippen LogP contribution in [-0.2, 0) is 0 Å². The molecule has 10 heavy (non-hydrogen) atoms. The van der Waals surface area contributed by atoms with Gasteiger partial charge >= 0.3 is 6.33 Å². The predicted molar refractivity (Wildman–Crippen MR) is 36.2 cm³/mol. The average Bonchev–Trinajstić information content (AvgIpc) is 2.05. The van der Waals surface area contributed by atoms with Crippen LogP contribution in [0.1, 0.15) is 0 Å². The van der Waals surface area contributed by atoms with E-state index in [-0.39, 0.29) is 0 Å². The molecule has 0 fully saturated rings. The molecule has 1 aromatic heterocycles. The van der Waals surface area contributed by atoms with Gasteiger partial charge in [-0.2, -0.15) is 4.98 Å². The summed E-state index contributed by atoms with van der Waals surface area (Å²) in [5.74, 6) is 0. The van der Waals surface area contributed by atoms with E-state index in [0.717, 1.165) is 10.9 Å². The highest BCUT2D eigenvalue weighted by Crippen LogP contribution is 2.02. The number of aromatic nitrogens is 2. The van der Waals surface area contributed by atoms with Crippen molar-refractivity contribution in [3.05, 3.63) is 36.8 Å². The van der Waals surface area contributed by atoms with Crippen LogP contribution in [0.15, 0.2) is 30.5 Å². The second-order valence-electron chi connectivity index (χ2n) is 2.03. The first-order valence-corrected chi connectivity index (χ1v) is 3.05. The minimum Gasteiger partial charge on any atom is -0.152 e. The largest absolute Gasteiger partial charge is 0.429 e. The SMILES string of the molecule is c1ncc2ccccc2[n+]#1. The van der Waals surface area contributed by atoms with Crippen LogP contribution in [0.5, 0.6) is 0 Å². The molecule has 0 bridgehead atoms. The molecule has 0 atom stereocenters. The Kier molecular flexibility index (Phi) is 1.02. The molecule has 0 radical (unpaired) electrons. The molecule has 0 spiro atoms. The average molecular weight is 129 g/mol. The number of benzene rings is 1. The molecule has 0 N–H and O–H groups in total. The van der Waals surface area contributed by atoms with Gasteiger partial charge < -0.3 is 0 Å². The molecule has 0 aliphatic heterocycles. The summed E-state index contributed by atoms with van der Waals surface area (Å²) in [6.45, 7) is 0. The molecule has 1 aromatic carbocycles. The third-order valence-corrected chi connectivity index (χ3v) is 1.37. The van der Waals surface area contributed by atoms with Crippen LogP contribution in [0.2, 0.25) is 0 Å². The van der Waals surface area contributed by atoms with Crippen LogP contribution in [0.4, 0.5) is 0 Å². The Labute approximate surface area is 58.6 Å². The van der Waals surface area contributed by atoms with Crippen LogP contribution in [0.3, 0.4) is 0 Å². The smallest absolute Gasteiger partial charge is 0.152 e. The van der Waals surface area contributed by atoms with Crippen LogP contribution in [-0.4, -0.2) is 4.98 Å². The van der Waals surface area contributed by atoms with E-state index in [1.807, 2.05) is 24.3 Å². The first-order valence-electron chi connectivity index (χ1n) is 3.05. The van der Waals surface area contributed by atoms with Gasteiger partial charge in [0.25, 0.3) is 0 Å². The van der Waals surface area contributed by atoms with Gasteiger partial charge in [-0.25, -0.2) is 0 Å². The van der Waals surface area contributed by atoms with Gasteiger partial charge in [0.2, 0.25) is 5.52 Å². The van der Waals surface area contributed by atoms with Crippen molar-refractivity contribution in [3.8, 4) is 0 Å². The molecule has 1 heterocycles. The quantitative estimate of drug-likeness (QED) is 0.521. The zero-order chi connectivity index (χ0) is 6.81. The third-order valence-electron chi connectivity index (χ3n) is 1.37. The Balaban J connectivity index is 2.89. The zero-order valence-electron chi connectivity index (χ0n) is 5.28. The maximum atomic E-state index is 3.95. The van der Waals surface area contributed by atoms with Gasteiger partial charge in [0.15, 0.2) is 6.20 Å². The highest BCUT2D eigenvalue weighted by Gasteiger charge is 1.95. The van der Waals surface area contributed by atoms with Crippen LogP contribution in [0.25, 0.3) is 10.9 Å².